The van der Waals surface area contributed by atoms with Crippen molar-refractivity contribution in [1.29, 1.82) is 0 Å². The van der Waals surface area contributed by atoms with Gasteiger partial charge >= 0.3 is 0 Å². The zero-order valence-corrected chi connectivity index (χ0v) is 11.8. The van der Waals surface area contributed by atoms with E-state index in [1.54, 1.807) is 0 Å². The second kappa shape index (κ2) is 8.48. The topological polar surface area (TPSA) is 35.5 Å². The Morgan fingerprint density at radius 1 is 1.26 bits per heavy atom. The number of hydrogen-bond acceptors (Lipinski definition) is 3. The summed E-state index contributed by atoms with van der Waals surface area (Å²) in [5, 5.41) is 0. The second-order valence-corrected chi connectivity index (χ2v) is 4.40. The first kappa shape index (κ1) is 15.4. The summed E-state index contributed by atoms with van der Waals surface area (Å²) in [6.45, 7) is 9.61. The van der Waals surface area contributed by atoms with Crippen molar-refractivity contribution >= 4 is 6.29 Å². The van der Waals surface area contributed by atoms with Crippen molar-refractivity contribution in [2.24, 2.45) is 0 Å². The molecular formula is C16H22O3. The SMILES string of the molecule is C=CCc1cc(C=O)cc(C)c1OCCOCCC. The molecule has 0 heterocycles. The molecule has 0 unspecified atom stereocenters. The summed E-state index contributed by atoms with van der Waals surface area (Å²) < 4.78 is 11.2. The van der Waals surface area contributed by atoms with Gasteiger partial charge in [-0.05, 0) is 43.0 Å². The third-order valence-corrected chi connectivity index (χ3v) is 2.70. The van der Waals surface area contributed by atoms with Crippen molar-refractivity contribution in [3.63, 3.8) is 0 Å². The first-order valence-electron chi connectivity index (χ1n) is 6.63. The van der Waals surface area contributed by atoms with Crippen LogP contribution in [0.4, 0.5) is 0 Å². The number of carbonyl (C=O) groups is 1. The van der Waals surface area contributed by atoms with E-state index in [0.717, 1.165) is 36.2 Å². The van der Waals surface area contributed by atoms with Crippen molar-refractivity contribution < 1.29 is 14.3 Å². The molecule has 0 N–H and O–H groups in total. The number of ether oxygens (including phenoxy) is 2. The van der Waals surface area contributed by atoms with Crippen LogP contribution in [-0.2, 0) is 11.2 Å². The smallest absolute Gasteiger partial charge is 0.150 e. The van der Waals surface area contributed by atoms with Gasteiger partial charge in [0.05, 0.1) is 6.61 Å². The number of aldehydes is 1. The molecule has 1 aromatic carbocycles. The highest BCUT2D eigenvalue weighted by atomic mass is 16.5. The molecule has 0 radical (unpaired) electrons. The Hall–Kier alpha value is -1.61. The first-order valence-corrected chi connectivity index (χ1v) is 6.63. The largest absolute Gasteiger partial charge is 0.491 e. The molecule has 0 amide bonds. The quantitative estimate of drug-likeness (QED) is 0.389. The number of allylic oxidation sites excluding steroid dienone is 1. The summed E-state index contributed by atoms with van der Waals surface area (Å²) in [5.74, 6) is 0.839. The highest BCUT2D eigenvalue weighted by Crippen LogP contribution is 2.26. The van der Waals surface area contributed by atoms with Crippen LogP contribution >= 0.6 is 0 Å². The Morgan fingerprint density at radius 3 is 2.68 bits per heavy atom. The van der Waals surface area contributed by atoms with Crippen LogP contribution in [-0.4, -0.2) is 26.1 Å². The van der Waals surface area contributed by atoms with Gasteiger partial charge in [0.1, 0.15) is 18.6 Å². The maximum absolute atomic E-state index is 10.9. The highest BCUT2D eigenvalue weighted by Gasteiger charge is 2.08. The predicted molar refractivity (Wildman–Crippen MR) is 77.1 cm³/mol. The first-order chi connectivity index (χ1) is 9.22. The van der Waals surface area contributed by atoms with E-state index in [1.165, 1.54) is 0 Å². The lowest BCUT2D eigenvalue weighted by atomic mass is 10.0. The van der Waals surface area contributed by atoms with Crippen LogP contribution in [0.25, 0.3) is 0 Å². The zero-order valence-electron chi connectivity index (χ0n) is 11.8. The Bertz CT molecular complexity index is 424. The van der Waals surface area contributed by atoms with E-state index in [0.29, 0.717) is 25.2 Å². The molecular weight excluding hydrogens is 240 g/mol. The normalized spacial score (nSPS) is 10.2. The molecule has 0 saturated heterocycles. The van der Waals surface area contributed by atoms with Gasteiger partial charge in [-0.25, -0.2) is 0 Å². The van der Waals surface area contributed by atoms with E-state index in [9.17, 15) is 4.79 Å². The molecule has 1 aromatic rings. The van der Waals surface area contributed by atoms with E-state index in [4.69, 9.17) is 9.47 Å². The molecule has 0 aliphatic carbocycles. The summed E-state index contributed by atoms with van der Waals surface area (Å²) in [5.41, 5.74) is 2.63. The monoisotopic (exact) mass is 262 g/mol. The minimum absolute atomic E-state index is 0.519. The fourth-order valence-electron chi connectivity index (χ4n) is 1.91. The lowest BCUT2D eigenvalue weighted by Crippen LogP contribution is -2.09. The van der Waals surface area contributed by atoms with E-state index >= 15 is 0 Å². The molecule has 0 spiro atoms. The summed E-state index contributed by atoms with van der Waals surface area (Å²) in [6.07, 6.45) is 4.36. The van der Waals surface area contributed by atoms with Crippen LogP contribution in [0.15, 0.2) is 24.8 Å². The maximum atomic E-state index is 10.9. The maximum Gasteiger partial charge on any atom is 0.150 e. The molecule has 3 nitrogen and oxygen atoms in total. The number of hydrogen-bond donors (Lipinski definition) is 0. The van der Waals surface area contributed by atoms with Gasteiger partial charge in [-0.1, -0.05) is 13.0 Å². The van der Waals surface area contributed by atoms with E-state index < -0.39 is 0 Å². The van der Waals surface area contributed by atoms with Gasteiger partial charge in [0, 0.05) is 12.2 Å². The van der Waals surface area contributed by atoms with E-state index in [1.807, 2.05) is 25.1 Å². The molecule has 0 fully saturated rings. The Kier molecular flexibility index (Phi) is 6.90. The third kappa shape index (κ3) is 4.87. The van der Waals surface area contributed by atoms with Crippen LogP contribution in [0.5, 0.6) is 5.75 Å². The van der Waals surface area contributed by atoms with Crippen LogP contribution in [0.2, 0.25) is 0 Å². The lowest BCUT2D eigenvalue weighted by molar-refractivity contribution is 0.100. The summed E-state index contributed by atoms with van der Waals surface area (Å²) in [4.78, 5) is 10.9. The molecule has 1 rings (SSSR count). The van der Waals surface area contributed by atoms with Crippen molar-refractivity contribution in [2.75, 3.05) is 19.8 Å². The van der Waals surface area contributed by atoms with Gasteiger partial charge in [-0.15, -0.1) is 6.58 Å². The van der Waals surface area contributed by atoms with Gasteiger partial charge in [0.15, 0.2) is 0 Å². The lowest BCUT2D eigenvalue weighted by Gasteiger charge is -2.14. The van der Waals surface area contributed by atoms with Gasteiger partial charge in [0.2, 0.25) is 0 Å². The molecule has 0 atom stereocenters. The van der Waals surface area contributed by atoms with Crippen molar-refractivity contribution in [3.05, 3.63) is 41.5 Å². The minimum atomic E-state index is 0.519. The minimum Gasteiger partial charge on any atom is -0.491 e. The number of carbonyl (C=O) groups excluding carboxylic acids is 1. The fourth-order valence-corrected chi connectivity index (χ4v) is 1.91. The molecule has 0 aromatic heterocycles. The Balaban J connectivity index is 2.74. The molecule has 0 saturated carbocycles. The highest BCUT2D eigenvalue weighted by molar-refractivity contribution is 5.76. The van der Waals surface area contributed by atoms with Crippen LogP contribution < -0.4 is 4.74 Å². The van der Waals surface area contributed by atoms with Gasteiger partial charge in [-0.2, -0.15) is 0 Å². The van der Waals surface area contributed by atoms with Crippen molar-refractivity contribution in [2.45, 2.75) is 26.7 Å². The summed E-state index contributed by atoms with van der Waals surface area (Å²) in [6, 6.07) is 3.69. The standard InChI is InChI=1S/C16H22O3/c1-4-6-15-11-14(12-17)10-13(3)16(15)19-9-8-18-7-5-2/h4,10-12H,1,5-9H2,2-3H3. The molecule has 0 aliphatic rings. The third-order valence-electron chi connectivity index (χ3n) is 2.70. The van der Waals surface area contributed by atoms with Crippen LogP contribution in [0.1, 0.15) is 34.8 Å². The fraction of sp³-hybridized carbons (Fsp3) is 0.438. The number of benzene rings is 1. The number of rotatable bonds is 9. The van der Waals surface area contributed by atoms with Gasteiger partial charge < -0.3 is 9.47 Å². The van der Waals surface area contributed by atoms with Gasteiger partial charge in [0.25, 0.3) is 0 Å². The van der Waals surface area contributed by atoms with E-state index in [-0.39, 0.29) is 0 Å². The summed E-state index contributed by atoms with van der Waals surface area (Å²) >= 11 is 0. The molecule has 3 heteroatoms. The molecule has 19 heavy (non-hydrogen) atoms. The Labute approximate surface area is 115 Å². The Morgan fingerprint density at radius 2 is 2.05 bits per heavy atom. The second-order valence-electron chi connectivity index (χ2n) is 4.40. The summed E-state index contributed by atoms with van der Waals surface area (Å²) in [7, 11) is 0. The number of aryl methyl sites for hydroxylation is 1. The van der Waals surface area contributed by atoms with E-state index in [2.05, 4.69) is 13.5 Å². The zero-order chi connectivity index (χ0) is 14.1. The molecule has 104 valence electrons. The molecule has 0 aliphatic heterocycles. The predicted octanol–water partition coefficient (Wildman–Crippen LogP) is 3.34. The van der Waals surface area contributed by atoms with Gasteiger partial charge in [-0.3, -0.25) is 4.79 Å². The van der Waals surface area contributed by atoms with Crippen molar-refractivity contribution in [1.82, 2.24) is 0 Å². The van der Waals surface area contributed by atoms with Crippen LogP contribution in [0.3, 0.4) is 0 Å². The average Bonchev–Trinajstić information content (AvgIpc) is 2.41. The van der Waals surface area contributed by atoms with Crippen molar-refractivity contribution in [3.8, 4) is 5.75 Å². The van der Waals surface area contributed by atoms with Crippen LogP contribution in [0, 0.1) is 6.92 Å². The average molecular weight is 262 g/mol. The molecule has 0 bridgehead atoms.